The molecule has 2 N–H and O–H groups in total. The number of nitrogens with one attached hydrogen (secondary N) is 1. The minimum Gasteiger partial charge on any atom is -0.394 e. The summed E-state index contributed by atoms with van der Waals surface area (Å²) in [6, 6.07) is 0. The van der Waals surface area contributed by atoms with Crippen LogP contribution in [0.2, 0.25) is 0 Å². The average molecular weight is 199 g/mol. The van der Waals surface area contributed by atoms with E-state index in [4.69, 9.17) is 0 Å². The molecule has 2 heteroatoms. The van der Waals surface area contributed by atoms with Gasteiger partial charge in [-0.1, -0.05) is 33.6 Å². The zero-order valence-electron chi connectivity index (χ0n) is 9.90. The van der Waals surface area contributed by atoms with E-state index in [1.54, 1.807) is 0 Å². The summed E-state index contributed by atoms with van der Waals surface area (Å²) in [4.78, 5) is 0. The highest BCUT2D eigenvalue weighted by Crippen LogP contribution is 2.29. The molecule has 0 unspecified atom stereocenters. The molecular formula is C12H25NO. The van der Waals surface area contributed by atoms with Crippen molar-refractivity contribution < 1.29 is 5.11 Å². The normalized spacial score (nSPS) is 21.4. The molecule has 0 aromatic carbocycles. The van der Waals surface area contributed by atoms with E-state index in [0.717, 1.165) is 19.4 Å². The van der Waals surface area contributed by atoms with Gasteiger partial charge in [0.1, 0.15) is 0 Å². The predicted octanol–water partition coefficient (Wildman–Crippen LogP) is 2.32. The van der Waals surface area contributed by atoms with E-state index in [1.165, 1.54) is 19.3 Å². The van der Waals surface area contributed by atoms with Gasteiger partial charge < -0.3 is 10.4 Å². The molecule has 1 rings (SSSR count). The molecule has 0 bridgehead atoms. The second kappa shape index (κ2) is 4.63. The summed E-state index contributed by atoms with van der Waals surface area (Å²) in [7, 11) is 0. The molecule has 0 heterocycles. The van der Waals surface area contributed by atoms with Gasteiger partial charge in [0.2, 0.25) is 0 Å². The average Bonchev–Trinajstić information content (AvgIpc) is 2.52. The molecule has 0 aliphatic heterocycles. The van der Waals surface area contributed by atoms with E-state index < -0.39 is 0 Å². The standard InChI is InChI=1S/C12H25NO/c1-11(2,3)8-9-13-12(10-14)6-4-5-7-12/h13-14H,4-10H2,1-3H3. The van der Waals surface area contributed by atoms with Crippen molar-refractivity contribution in [3.63, 3.8) is 0 Å². The van der Waals surface area contributed by atoms with Crippen LogP contribution in [0, 0.1) is 5.41 Å². The SMILES string of the molecule is CC(C)(C)CCNC1(CO)CCCC1. The summed E-state index contributed by atoms with van der Waals surface area (Å²) >= 11 is 0. The Morgan fingerprint density at radius 1 is 1.21 bits per heavy atom. The van der Waals surface area contributed by atoms with Crippen molar-refractivity contribution in [2.75, 3.05) is 13.2 Å². The van der Waals surface area contributed by atoms with E-state index in [0.29, 0.717) is 12.0 Å². The summed E-state index contributed by atoms with van der Waals surface area (Å²) in [5.41, 5.74) is 0.452. The lowest BCUT2D eigenvalue weighted by Crippen LogP contribution is -2.47. The van der Waals surface area contributed by atoms with Crippen LogP contribution in [-0.2, 0) is 0 Å². The first kappa shape index (κ1) is 12.0. The van der Waals surface area contributed by atoms with Crippen LogP contribution < -0.4 is 5.32 Å². The topological polar surface area (TPSA) is 32.3 Å². The zero-order valence-corrected chi connectivity index (χ0v) is 9.90. The van der Waals surface area contributed by atoms with Crippen LogP contribution in [0.5, 0.6) is 0 Å². The maximum absolute atomic E-state index is 9.38. The highest BCUT2D eigenvalue weighted by Gasteiger charge is 2.32. The van der Waals surface area contributed by atoms with Crippen molar-refractivity contribution in [3.8, 4) is 0 Å². The van der Waals surface area contributed by atoms with Gasteiger partial charge in [-0.2, -0.15) is 0 Å². The number of aliphatic hydroxyl groups is 1. The van der Waals surface area contributed by atoms with Crippen molar-refractivity contribution >= 4 is 0 Å². The Balaban J connectivity index is 2.28. The molecule has 2 nitrogen and oxygen atoms in total. The number of rotatable bonds is 4. The van der Waals surface area contributed by atoms with Gasteiger partial charge in [0, 0.05) is 5.54 Å². The van der Waals surface area contributed by atoms with Crippen LogP contribution in [0.4, 0.5) is 0 Å². The van der Waals surface area contributed by atoms with Crippen molar-refractivity contribution in [1.29, 1.82) is 0 Å². The number of aliphatic hydroxyl groups excluding tert-OH is 1. The molecule has 0 radical (unpaired) electrons. The van der Waals surface area contributed by atoms with Gasteiger partial charge in [-0.15, -0.1) is 0 Å². The van der Waals surface area contributed by atoms with Crippen LogP contribution in [0.3, 0.4) is 0 Å². The third kappa shape index (κ3) is 3.58. The third-order valence-electron chi connectivity index (χ3n) is 3.24. The Bertz CT molecular complexity index is 166. The van der Waals surface area contributed by atoms with Gasteiger partial charge in [-0.25, -0.2) is 0 Å². The van der Waals surface area contributed by atoms with E-state index in [2.05, 4.69) is 26.1 Å². The zero-order chi connectivity index (χ0) is 10.7. The molecular weight excluding hydrogens is 174 g/mol. The lowest BCUT2D eigenvalue weighted by atomic mass is 9.91. The quantitative estimate of drug-likeness (QED) is 0.728. The smallest absolute Gasteiger partial charge is 0.0613 e. The molecule has 14 heavy (non-hydrogen) atoms. The second-order valence-corrected chi connectivity index (χ2v) is 5.88. The maximum atomic E-state index is 9.38. The second-order valence-electron chi connectivity index (χ2n) is 5.88. The molecule has 1 aliphatic rings. The molecule has 1 fully saturated rings. The van der Waals surface area contributed by atoms with Crippen LogP contribution in [0.15, 0.2) is 0 Å². The highest BCUT2D eigenvalue weighted by atomic mass is 16.3. The lowest BCUT2D eigenvalue weighted by molar-refractivity contribution is 0.159. The van der Waals surface area contributed by atoms with Crippen molar-refractivity contribution in [2.45, 2.75) is 58.4 Å². The first-order chi connectivity index (χ1) is 6.47. The summed E-state index contributed by atoms with van der Waals surface area (Å²) in [5, 5.41) is 12.9. The monoisotopic (exact) mass is 199 g/mol. The fourth-order valence-corrected chi connectivity index (χ4v) is 2.15. The Labute approximate surface area is 88.1 Å². The minimum absolute atomic E-state index is 0.0608. The summed E-state index contributed by atoms with van der Waals surface area (Å²) < 4.78 is 0. The molecule has 0 spiro atoms. The van der Waals surface area contributed by atoms with Crippen molar-refractivity contribution in [3.05, 3.63) is 0 Å². The van der Waals surface area contributed by atoms with E-state index in [1.807, 2.05) is 0 Å². The highest BCUT2D eigenvalue weighted by molar-refractivity contribution is 4.92. The molecule has 0 atom stereocenters. The van der Waals surface area contributed by atoms with Gasteiger partial charge in [0.25, 0.3) is 0 Å². The summed E-state index contributed by atoms with van der Waals surface area (Å²) in [6.07, 6.45) is 6.00. The van der Waals surface area contributed by atoms with Gasteiger partial charge in [0.15, 0.2) is 0 Å². The van der Waals surface area contributed by atoms with E-state index in [9.17, 15) is 5.11 Å². The summed E-state index contributed by atoms with van der Waals surface area (Å²) in [6.45, 7) is 8.11. The van der Waals surface area contributed by atoms with Gasteiger partial charge >= 0.3 is 0 Å². The largest absolute Gasteiger partial charge is 0.394 e. The Morgan fingerprint density at radius 3 is 2.21 bits per heavy atom. The van der Waals surface area contributed by atoms with Crippen molar-refractivity contribution in [1.82, 2.24) is 5.32 Å². The van der Waals surface area contributed by atoms with Crippen molar-refractivity contribution in [2.24, 2.45) is 5.41 Å². The Hall–Kier alpha value is -0.0800. The molecule has 0 aromatic heterocycles. The lowest BCUT2D eigenvalue weighted by Gasteiger charge is -2.30. The van der Waals surface area contributed by atoms with Crippen LogP contribution in [0.1, 0.15) is 52.9 Å². The van der Waals surface area contributed by atoms with Crippen LogP contribution in [0.25, 0.3) is 0 Å². The van der Waals surface area contributed by atoms with Gasteiger partial charge in [-0.05, 0) is 31.2 Å². The molecule has 0 aromatic rings. The third-order valence-corrected chi connectivity index (χ3v) is 3.24. The fraction of sp³-hybridized carbons (Fsp3) is 1.00. The minimum atomic E-state index is 0.0608. The number of hydrogen-bond acceptors (Lipinski definition) is 2. The predicted molar refractivity (Wildman–Crippen MR) is 60.4 cm³/mol. The molecule has 84 valence electrons. The molecule has 0 amide bonds. The number of hydrogen-bond donors (Lipinski definition) is 2. The van der Waals surface area contributed by atoms with Gasteiger partial charge in [0.05, 0.1) is 6.61 Å². The fourth-order valence-electron chi connectivity index (χ4n) is 2.15. The first-order valence-corrected chi connectivity index (χ1v) is 5.83. The van der Waals surface area contributed by atoms with Crippen LogP contribution in [-0.4, -0.2) is 23.8 Å². The van der Waals surface area contributed by atoms with Gasteiger partial charge in [-0.3, -0.25) is 0 Å². The van der Waals surface area contributed by atoms with E-state index >= 15 is 0 Å². The Morgan fingerprint density at radius 2 is 1.79 bits per heavy atom. The first-order valence-electron chi connectivity index (χ1n) is 5.83. The molecule has 0 saturated heterocycles. The molecule has 1 saturated carbocycles. The van der Waals surface area contributed by atoms with E-state index in [-0.39, 0.29) is 5.54 Å². The Kier molecular flexibility index (Phi) is 3.96. The maximum Gasteiger partial charge on any atom is 0.0613 e. The molecule has 1 aliphatic carbocycles. The summed E-state index contributed by atoms with van der Waals surface area (Å²) in [5.74, 6) is 0. The van der Waals surface area contributed by atoms with Crippen LogP contribution >= 0.6 is 0 Å².